The summed E-state index contributed by atoms with van der Waals surface area (Å²) in [7, 11) is 0. The summed E-state index contributed by atoms with van der Waals surface area (Å²) in [5.41, 5.74) is 3.56. The van der Waals surface area contributed by atoms with E-state index in [1.165, 1.54) is 16.8 Å². The lowest BCUT2D eigenvalue weighted by Gasteiger charge is -2.23. The highest BCUT2D eigenvalue weighted by atomic mass is 16.5. The van der Waals surface area contributed by atoms with Gasteiger partial charge in [-0.05, 0) is 44.7 Å². The van der Waals surface area contributed by atoms with Crippen LogP contribution in [0.2, 0.25) is 0 Å². The van der Waals surface area contributed by atoms with Crippen LogP contribution in [0.4, 0.5) is 5.69 Å². The third-order valence-electron chi connectivity index (χ3n) is 3.22. The van der Waals surface area contributed by atoms with E-state index in [2.05, 4.69) is 37.4 Å². The first-order valence-electron chi connectivity index (χ1n) is 7.54. The fourth-order valence-electron chi connectivity index (χ4n) is 2.09. The highest BCUT2D eigenvalue weighted by Crippen LogP contribution is 2.22. The maximum absolute atomic E-state index is 10.0. The molecule has 3 heteroatoms. The molecule has 1 aromatic rings. The Kier molecular flexibility index (Phi) is 6.50. The van der Waals surface area contributed by atoms with Gasteiger partial charge in [-0.1, -0.05) is 32.0 Å². The van der Waals surface area contributed by atoms with Crippen LogP contribution >= 0.6 is 0 Å². The SMILES string of the molecule is CCc1cccc(CC)c1NCC(O)COC(C)(C)C. The first-order valence-corrected chi connectivity index (χ1v) is 7.54. The maximum Gasteiger partial charge on any atom is 0.0945 e. The molecule has 1 unspecified atom stereocenters. The van der Waals surface area contributed by atoms with Crippen LogP contribution in [-0.2, 0) is 17.6 Å². The van der Waals surface area contributed by atoms with E-state index in [9.17, 15) is 5.11 Å². The fourth-order valence-corrected chi connectivity index (χ4v) is 2.09. The average Bonchev–Trinajstić information content (AvgIpc) is 2.41. The van der Waals surface area contributed by atoms with Crippen LogP contribution in [0.25, 0.3) is 0 Å². The molecule has 0 aliphatic heterocycles. The minimum absolute atomic E-state index is 0.211. The number of rotatable bonds is 7. The summed E-state index contributed by atoms with van der Waals surface area (Å²) in [6, 6.07) is 6.38. The van der Waals surface area contributed by atoms with Gasteiger partial charge in [0.15, 0.2) is 0 Å². The minimum Gasteiger partial charge on any atom is -0.389 e. The van der Waals surface area contributed by atoms with Crippen molar-refractivity contribution in [2.75, 3.05) is 18.5 Å². The lowest BCUT2D eigenvalue weighted by Crippen LogP contribution is -2.30. The van der Waals surface area contributed by atoms with Gasteiger partial charge >= 0.3 is 0 Å². The number of para-hydroxylation sites is 1. The molecule has 0 heterocycles. The van der Waals surface area contributed by atoms with Crippen molar-refractivity contribution in [3.63, 3.8) is 0 Å². The summed E-state index contributed by atoms with van der Waals surface area (Å²) >= 11 is 0. The standard InChI is InChI=1S/C17H29NO2/c1-6-13-9-8-10-14(7-2)16(13)18-11-15(19)12-20-17(3,4)5/h8-10,15,18-19H,6-7,11-12H2,1-5H3. The molecule has 1 rings (SSSR count). The van der Waals surface area contributed by atoms with Crippen LogP contribution in [0.5, 0.6) is 0 Å². The third-order valence-corrected chi connectivity index (χ3v) is 3.22. The van der Waals surface area contributed by atoms with Gasteiger partial charge in [0.05, 0.1) is 18.3 Å². The Morgan fingerprint density at radius 3 is 2.15 bits per heavy atom. The van der Waals surface area contributed by atoms with Gasteiger partial charge in [-0.25, -0.2) is 0 Å². The maximum atomic E-state index is 10.0. The van der Waals surface area contributed by atoms with Crippen LogP contribution < -0.4 is 5.32 Å². The molecule has 1 aromatic carbocycles. The van der Waals surface area contributed by atoms with E-state index < -0.39 is 6.10 Å². The van der Waals surface area contributed by atoms with Crippen LogP contribution in [0.3, 0.4) is 0 Å². The summed E-state index contributed by atoms with van der Waals surface area (Å²) in [5.74, 6) is 0. The zero-order valence-electron chi connectivity index (χ0n) is 13.5. The molecule has 114 valence electrons. The molecule has 0 radical (unpaired) electrons. The molecule has 0 saturated heterocycles. The molecule has 0 saturated carbocycles. The predicted octanol–water partition coefficient (Wildman–Crippen LogP) is 3.40. The molecule has 0 amide bonds. The quantitative estimate of drug-likeness (QED) is 0.804. The highest BCUT2D eigenvalue weighted by Gasteiger charge is 2.14. The van der Waals surface area contributed by atoms with Gasteiger partial charge in [0.25, 0.3) is 0 Å². The van der Waals surface area contributed by atoms with Gasteiger partial charge in [-0.2, -0.15) is 0 Å². The van der Waals surface area contributed by atoms with E-state index in [0.29, 0.717) is 13.2 Å². The summed E-state index contributed by atoms with van der Waals surface area (Å²) in [4.78, 5) is 0. The number of hydrogen-bond donors (Lipinski definition) is 2. The first kappa shape index (κ1) is 17.0. The molecule has 20 heavy (non-hydrogen) atoms. The number of hydrogen-bond acceptors (Lipinski definition) is 3. The lowest BCUT2D eigenvalue weighted by atomic mass is 10.0. The van der Waals surface area contributed by atoms with Crippen molar-refractivity contribution >= 4 is 5.69 Å². The lowest BCUT2D eigenvalue weighted by molar-refractivity contribution is -0.0449. The van der Waals surface area contributed by atoms with Crippen molar-refractivity contribution in [2.45, 2.75) is 59.2 Å². The molecular weight excluding hydrogens is 250 g/mol. The Morgan fingerprint density at radius 2 is 1.70 bits per heavy atom. The van der Waals surface area contributed by atoms with E-state index in [1.54, 1.807) is 0 Å². The molecule has 0 aromatic heterocycles. The Morgan fingerprint density at radius 1 is 1.15 bits per heavy atom. The van der Waals surface area contributed by atoms with Crippen LogP contribution in [0, 0.1) is 0 Å². The Balaban J connectivity index is 2.60. The van der Waals surface area contributed by atoms with Crippen molar-refractivity contribution < 1.29 is 9.84 Å². The minimum atomic E-state index is -0.496. The molecule has 1 atom stereocenters. The topological polar surface area (TPSA) is 41.5 Å². The molecule has 0 bridgehead atoms. The number of aliphatic hydroxyl groups is 1. The monoisotopic (exact) mass is 279 g/mol. The second-order valence-corrected chi connectivity index (χ2v) is 6.12. The Bertz CT molecular complexity index is 388. The van der Waals surface area contributed by atoms with Gasteiger partial charge < -0.3 is 15.2 Å². The molecule has 3 nitrogen and oxygen atoms in total. The largest absolute Gasteiger partial charge is 0.389 e. The van der Waals surface area contributed by atoms with E-state index in [-0.39, 0.29) is 5.60 Å². The van der Waals surface area contributed by atoms with Crippen molar-refractivity contribution in [3.8, 4) is 0 Å². The number of aliphatic hydroxyl groups excluding tert-OH is 1. The number of anilines is 1. The summed E-state index contributed by atoms with van der Waals surface area (Å²) in [6.07, 6.45) is 1.49. The number of nitrogens with one attached hydrogen (secondary N) is 1. The summed E-state index contributed by atoms with van der Waals surface area (Å²) in [5, 5.41) is 13.4. The molecule has 0 aliphatic carbocycles. The smallest absolute Gasteiger partial charge is 0.0945 e. The van der Waals surface area contributed by atoms with Gasteiger partial charge in [0, 0.05) is 12.2 Å². The van der Waals surface area contributed by atoms with Gasteiger partial charge in [-0.3, -0.25) is 0 Å². The van der Waals surface area contributed by atoms with Gasteiger partial charge in [0.2, 0.25) is 0 Å². The second kappa shape index (κ2) is 7.65. The number of benzene rings is 1. The van der Waals surface area contributed by atoms with Crippen molar-refractivity contribution in [3.05, 3.63) is 29.3 Å². The zero-order chi connectivity index (χ0) is 15.2. The normalized spacial score (nSPS) is 13.3. The fraction of sp³-hybridized carbons (Fsp3) is 0.647. The highest BCUT2D eigenvalue weighted by molar-refractivity contribution is 5.57. The molecule has 0 spiro atoms. The third kappa shape index (κ3) is 5.51. The Labute approximate surface area is 123 Å². The molecular formula is C17H29NO2. The van der Waals surface area contributed by atoms with Crippen LogP contribution in [0.1, 0.15) is 45.7 Å². The number of ether oxygens (including phenoxy) is 1. The molecule has 0 aliphatic rings. The first-order chi connectivity index (χ1) is 9.37. The van der Waals surface area contributed by atoms with Crippen LogP contribution in [-0.4, -0.2) is 30.0 Å². The second-order valence-electron chi connectivity index (χ2n) is 6.12. The molecule has 2 N–H and O–H groups in total. The zero-order valence-corrected chi connectivity index (χ0v) is 13.5. The van der Waals surface area contributed by atoms with Crippen LogP contribution in [0.15, 0.2) is 18.2 Å². The number of aryl methyl sites for hydroxylation is 2. The van der Waals surface area contributed by atoms with Crippen molar-refractivity contribution in [1.82, 2.24) is 0 Å². The van der Waals surface area contributed by atoms with Gasteiger partial charge in [0.1, 0.15) is 0 Å². The molecule has 0 fully saturated rings. The Hall–Kier alpha value is -1.06. The van der Waals surface area contributed by atoms with E-state index in [0.717, 1.165) is 12.8 Å². The average molecular weight is 279 g/mol. The predicted molar refractivity (Wildman–Crippen MR) is 85.4 cm³/mol. The van der Waals surface area contributed by atoms with Gasteiger partial charge in [-0.15, -0.1) is 0 Å². The summed E-state index contributed by atoms with van der Waals surface area (Å²) in [6.45, 7) is 11.2. The van der Waals surface area contributed by atoms with Crippen molar-refractivity contribution in [2.24, 2.45) is 0 Å². The summed E-state index contributed by atoms with van der Waals surface area (Å²) < 4.78 is 5.60. The van der Waals surface area contributed by atoms with E-state index >= 15 is 0 Å². The van der Waals surface area contributed by atoms with E-state index in [1.807, 2.05) is 20.8 Å². The van der Waals surface area contributed by atoms with Crippen molar-refractivity contribution in [1.29, 1.82) is 0 Å². The van der Waals surface area contributed by atoms with E-state index in [4.69, 9.17) is 4.74 Å².